The Balaban J connectivity index is 2.26. The minimum atomic E-state index is 0.577. The summed E-state index contributed by atoms with van der Waals surface area (Å²) in [4.78, 5) is 4.09. The molecule has 1 aliphatic rings. The number of hydrogen-bond acceptors (Lipinski definition) is 2. The van der Waals surface area contributed by atoms with Crippen molar-refractivity contribution >= 4 is 0 Å². The zero-order valence-electron chi connectivity index (χ0n) is 7.38. The lowest BCUT2D eigenvalue weighted by molar-refractivity contribution is 0.642. The van der Waals surface area contributed by atoms with Crippen LogP contribution < -0.4 is 5.32 Å². The van der Waals surface area contributed by atoms with Crippen LogP contribution in [0.2, 0.25) is 0 Å². The van der Waals surface area contributed by atoms with Gasteiger partial charge < -0.3 is 5.32 Å². The van der Waals surface area contributed by atoms with Crippen molar-refractivity contribution in [3.63, 3.8) is 0 Å². The van der Waals surface area contributed by atoms with Crippen molar-refractivity contribution in [3.05, 3.63) is 29.6 Å². The molecule has 2 heteroatoms. The molecule has 1 saturated heterocycles. The van der Waals surface area contributed by atoms with Gasteiger partial charge in [0, 0.05) is 18.4 Å². The highest BCUT2D eigenvalue weighted by Crippen LogP contribution is 2.24. The van der Waals surface area contributed by atoms with Crippen LogP contribution in [0.5, 0.6) is 0 Å². The van der Waals surface area contributed by atoms with Crippen LogP contribution in [0.15, 0.2) is 18.5 Å². The predicted octanol–water partition coefficient (Wildman–Crippen LogP) is 1.81. The van der Waals surface area contributed by atoms with Gasteiger partial charge in [0.25, 0.3) is 0 Å². The first kappa shape index (κ1) is 7.74. The largest absolute Gasteiger partial charge is 0.310 e. The molecule has 0 spiro atoms. The molecular weight excluding hydrogens is 148 g/mol. The van der Waals surface area contributed by atoms with E-state index in [4.69, 9.17) is 0 Å². The molecule has 0 saturated carbocycles. The number of rotatable bonds is 1. The first-order chi connectivity index (χ1) is 5.88. The normalized spacial score (nSPS) is 22.9. The molecular formula is C10H14N2. The number of nitrogens with one attached hydrogen (secondary N) is 1. The molecule has 64 valence electrons. The molecule has 1 aromatic rings. The van der Waals surface area contributed by atoms with E-state index in [0.29, 0.717) is 6.04 Å². The van der Waals surface area contributed by atoms with Gasteiger partial charge in [-0.1, -0.05) is 0 Å². The Bertz CT molecular complexity index is 264. The van der Waals surface area contributed by atoms with E-state index in [1.807, 2.05) is 12.4 Å². The van der Waals surface area contributed by atoms with Crippen LogP contribution in [0.4, 0.5) is 0 Å². The van der Waals surface area contributed by atoms with Gasteiger partial charge in [0.1, 0.15) is 0 Å². The third-order valence-electron chi connectivity index (χ3n) is 2.50. The van der Waals surface area contributed by atoms with Gasteiger partial charge in [0.2, 0.25) is 0 Å². The fourth-order valence-corrected chi connectivity index (χ4v) is 1.83. The van der Waals surface area contributed by atoms with Crippen molar-refractivity contribution in [2.45, 2.75) is 25.8 Å². The molecule has 1 atom stereocenters. The molecule has 2 nitrogen and oxygen atoms in total. The van der Waals surface area contributed by atoms with Crippen LogP contribution in [0, 0.1) is 6.92 Å². The molecule has 1 unspecified atom stereocenters. The van der Waals surface area contributed by atoms with Gasteiger partial charge in [-0.3, -0.25) is 4.98 Å². The van der Waals surface area contributed by atoms with Crippen molar-refractivity contribution in [2.24, 2.45) is 0 Å². The summed E-state index contributed by atoms with van der Waals surface area (Å²) in [6.45, 7) is 3.29. The Labute approximate surface area is 73.0 Å². The monoisotopic (exact) mass is 162 g/mol. The van der Waals surface area contributed by atoms with E-state index in [0.717, 1.165) is 6.54 Å². The van der Waals surface area contributed by atoms with Gasteiger partial charge in [-0.2, -0.15) is 0 Å². The maximum atomic E-state index is 4.09. The third kappa shape index (κ3) is 1.34. The Kier molecular flexibility index (Phi) is 2.09. The second-order valence-electron chi connectivity index (χ2n) is 3.38. The topological polar surface area (TPSA) is 24.9 Å². The highest BCUT2D eigenvalue weighted by atomic mass is 14.9. The minimum Gasteiger partial charge on any atom is -0.310 e. The smallest absolute Gasteiger partial charge is 0.0324 e. The van der Waals surface area contributed by atoms with Gasteiger partial charge in [-0.25, -0.2) is 0 Å². The molecule has 12 heavy (non-hydrogen) atoms. The molecule has 0 aliphatic carbocycles. The Morgan fingerprint density at radius 1 is 1.58 bits per heavy atom. The van der Waals surface area contributed by atoms with Crippen LogP contribution in [0.1, 0.15) is 30.0 Å². The van der Waals surface area contributed by atoms with Gasteiger partial charge in [0.05, 0.1) is 0 Å². The Morgan fingerprint density at radius 3 is 3.17 bits per heavy atom. The first-order valence-electron chi connectivity index (χ1n) is 4.52. The van der Waals surface area contributed by atoms with Crippen LogP contribution in [0.25, 0.3) is 0 Å². The summed E-state index contributed by atoms with van der Waals surface area (Å²) in [6.07, 6.45) is 6.38. The van der Waals surface area contributed by atoms with E-state index < -0.39 is 0 Å². The van der Waals surface area contributed by atoms with Gasteiger partial charge in [-0.05, 0) is 43.5 Å². The lowest BCUT2D eigenvalue weighted by Gasteiger charge is -2.12. The predicted molar refractivity (Wildman–Crippen MR) is 49.0 cm³/mol. The highest BCUT2D eigenvalue weighted by molar-refractivity contribution is 5.25. The molecule has 0 aromatic carbocycles. The maximum absolute atomic E-state index is 4.09. The summed E-state index contributed by atoms with van der Waals surface area (Å²) in [7, 11) is 0. The number of nitrogens with zero attached hydrogens (tertiary/aromatic N) is 1. The quantitative estimate of drug-likeness (QED) is 0.681. The van der Waals surface area contributed by atoms with Gasteiger partial charge in [-0.15, -0.1) is 0 Å². The van der Waals surface area contributed by atoms with Crippen molar-refractivity contribution in [3.8, 4) is 0 Å². The summed E-state index contributed by atoms with van der Waals surface area (Å²) in [5.74, 6) is 0. The Morgan fingerprint density at radius 2 is 2.50 bits per heavy atom. The second kappa shape index (κ2) is 3.23. The van der Waals surface area contributed by atoms with E-state index in [1.54, 1.807) is 0 Å². The first-order valence-corrected chi connectivity index (χ1v) is 4.52. The van der Waals surface area contributed by atoms with Crippen LogP contribution in [0.3, 0.4) is 0 Å². The van der Waals surface area contributed by atoms with Crippen LogP contribution in [-0.2, 0) is 0 Å². The van der Waals surface area contributed by atoms with Crippen LogP contribution in [-0.4, -0.2) is 11.5 Å². The average Bonchev–Trinajstić information content (AvgIpc) is 2.57. The number of hydrogen-bond donors (Lipinski definition) is 1. The summed E-state index contributed by atoms with van der Waals surface area (Å²) >= 11 is 0. The SMILES string of the molecule is Cc1cnccc1C1CCCN1. The highest BCUT2D eigenvalue weighted by Gasteiger charge is 2.16. The molecule has 1 aliphatic heterocycles. The maximum Gasteiger partial charge on any atom is 0.0324 e. The zero-order chi connectivity index (χ0) is 8.39. The molecule has 0 amide bonds. The van der Waals surface area contributed by atoms with E-state index in [9.17, 15) is 0 Å². The summed E-state index contributed by atoms with van der Waals surface area (Å²) in [5.41, 5.74) is 2.72. The van der Waals surface area contributed by atoms with Crippen molar-refractivity contribution in [2.75, 3.05) is 6.54 Å². The minimum absolute atomic E-state index is 0.577. The Hall–Kier alpha value is -0.890. The molecule has 0 radical (unpaired) electrons. The zero-order valence-corrected chi connectivity index (χ0v) is 7.38. The summed E-state index contributed by atoms with van der Waals surface area (Å²) < 4.78 is 0. The van der Waals surface area contributed by atoms with E-state index >= 15 is 0 Å². The number of aromatic nitrogens is 1. The standard InChI is InChI=1S/C10H14N2/c1-8-7-11-6-4-9(8)10-3-2-5-12-10/h4,6-7,10,12H,2-3,5H2,1H3. The van der Waals surface area contributed by atoms with Crippen molar-refractivity contribution < 1.29 is 0 Å². The van der Waals surface area contributed by atoms with Gasteiger partial charge in [0.15, 0.2) is 0 Å². The average molecular weight is 162 g/mol. The lowest BCUT2D eigenvalue weighted by Crippen LogP contribution is -2.13. The molecule has 0 bridgehead atoms. The lowest BCUT2D eigenvalue weighted by atomic mass is 10.0. The molecule has 1 fully saturated rings. The summed E-state index contributed by atoms with van der Waals surface area (Å²) in [5, 5.41) is 3.49. The molecule has 1 N–H and O–H groups in total. The molecule has 2 heterocycles. The molecule has 1 aromatic heterocycles. The number of aryl methyl sites for hydroxylation is 1. The van der Waals surface area contributed by atoms with E-state index in [-0.39, 0.29) is 0 Å². The second-order valence-corrected chi connectivity index (χ2v) is 3.38. The van der Waals surface area contributed by atoms with E-state index in [2.05, 4.69) is 23.3 Å². The fourth-order valence-electron chi connectivity index (χ4n) is 1.83. The number of pyridine rings is 1. The third-order valence-corrected chi connectivity index (χ3v) is 2.50. The van der Waals surface area contributed by atoms with E-state index in [1.165, 1.54) is 24.0 Å². The fraction of sp³-hybridized carbons (Fsp3) is 0.500. The summed E-state index contributed by atoms with van der Waals surface area (Å²) in [6, 6.07) is 2.70. The van der Waals surface area contributed by atoms with Crippen molar-refractivity contribution in [1.82, 2.24) is 10.3 Å². The molecule has 2 rings (SSSR count). The van der Waals surface area contributed by atoms with Crippen LogP contribution >= 0.6 is 0 Å². The van der Waals surface area contributed by atoms with Crippen molar-refractivity contribution in [1.29, 1.82) is 0 Å². The van der Waals surface area contributed by atoms with Gasteiger partial charge >= 0.3 is 0 Å².